The maximum absolute atomic E-state index is 8.85. The molecule has 0 aliphatic rings. The summed E-state index contributed by atoms with van der Waals surface area (Å²) in [6, 6.07) is 0. The van der Waals surface area contributed by atoms with Gasteiger partial charge in [-0.05, 0) is 0 Å². The van der Waals surface area contributed by atoms with Crippen LogP contribution in [0.2, 0.25) is 0 Å². The first-order chi connectivity index (χ1) is 1.73. The third-order valence-electron chi connectivity index (χ3n) is 0. The van der Waals surface area contributed by atoms with Crippen LogP contribution in [0.25, 0.3) is 0 Å². The van der Waals surface area contributed by atoms with Gasteiger partial charge in [-0.1, -0.05) is 0 Å². The summed E-state index contributed by atoms with van der Waals surface area (Å²) in [7, 11) is -2.54. The van der Waals surface area contributed by atoms with Gasteiger partial charge in [0.1, 0.15) is 0 Å². The molecular formula is NaO2PS. The molecule has 0 amide bonds. The van der Waals surface area contributed by atoms with Gasteiger partial charge in [-0.2, -0.15) is 0 Å². The molecule has 0 N–H and O–H groups in total. The van der Waals surface area contributed by atoms with Crippen LogP contribution in [-0.2, 0) is 16.8 Å². The molecule has 2 nitrogen and oxygen atoms in total. The van der Waals surface area contributed by atoms with Crippen molar-refractivity contribution in [2.45, 2.75) is 0 Å². The molecule has 0 spiro atoms. The van der Waals surface area contributed by atoms with Gasteiger partial charge < -0.3 is 17.1 Å². The molecule has 0 fully saturated rings. The van der Waals surface area contributed by atoms with E-state index in [0.717, 1.165) is 0 Å². The maximum atomic E-state index is 8.85. The van der Waals surface area contributed by atoms with Crippen LogP contribution in [0.4, 0.5) is 0 Å². The number of hydrogen-bond donors (Lipinski definition) is 0. The van der Waals surface area contributed by atoms with Gasteiger partial charge in [-0.15, -0.1) is 4.57 Å². The van der Waals surface area contributed by atoms with E-state index in [4.69, 9.17) is 9.46 Å². The Kier molecular flexibility index (Phi) is 10.4. The van der Waals surface area contributed by atoms with Crippen LogP contribution in [0, 0.1) is 0 Å². The molecule has 1 unspecified atom stereocenters. The van der Waals surface area contributed by atoms with Crippen molar-refractivity contribution in [2.75, 3.05) is 0 Å². The van der Waals surface area contributed by atoms with E-state index in [-0.39, 0.29) is 29.6 Å². The van der Waals surface area contributed by atoms with E-state index in [1.54, 1.807) is 0 Å². The first-order valence-electron chi connectivity index (χ1n) is 0.548. The Hall–Kier alpha value is 1.41. The third kappa shape index (κ3) is 31.6. The molecule has 0 saturated carbocycles. The number of rotatable bonds is 0. The zero-order valence-corrected chi connectivity index (χ0v) is 6.38. The summed E-state index contributed by atoms with van der Waals surface area (Å²) in [5, 5.41) is 0. The smallest absolute Gasteiger partial charge is 0.614 e. The van der Waals surface area contributed by atoms with Crippen molar-refractivity contribution in [2.24, 2.45) is 0 Å². The molecule has 0 aromatic carbocycles. The van der Waals surface area contributed by atoms with Crippen molar-refractivity contribution in [3.63, 3.8) is 0 Å². The fraction of sp³-hybridized carbons (Fsp3) is 0. The molecule has 0 radical (unpaired) electrons. The molecule has 0 aromatic heterocycles. The summed E-state index contributed by atoms with van der Waals surface area (Å²) in [6.45, 7) is 0. The molecule has 0 aliphatic heterocycles. The minimum atomic E-state index is -2.54. The molecule has 0 bridgehead atoms. The maximum Gasteiger partial charge on any atom is 1.00 e. The van der Waals surface area contributed by atoms with E-state index in [1.807, 2.05) is 0 Å². The molecule has 5 heteroatoms. The Morgan fingerprint density at radius 2 is 1.80 bits per heavy atom. The Morgan fingerprint density at radius 3 is 1.80 bits per heavy atom. The Bertz CT molecular complexity index is 32.6. The zero-order chi connectivity index (χ0) is 3.58. The minimum Gasteiger partial charge on any atom is -0.614 e. The standard InChI is InChI=1S/Na.HO2PS/c;1-3(2)4/h;(H,1,2,4)/q+1;/p-1. The molecule has 0 rings (SSSR count). The van der Waals surface area contributed by atoms with Gasteiger partial charge in [-0.25, -0.2) is 0 Å². The fourth-order valence-corrected chi connectivity index (χ4v) is 0. The van der Waals surface area contributed by atoms with Gasteiger partial charge >= 0.3 is 29.6 Å². The molecule has 1 atom stereocenters. The summed E-state index contributed by atoms with van der Waals surface area (Å²) in [4.78, 5) is 8.85. The zero-order valence-electron chi connectivity index (χ0n) is 2.67. The molecule has 24 valence electrons. The van der Waals surface area contributed by atoms with Crippen molar-refractivity contribution in [3.05, 3.63) is 0 Å². The van der Waals surface area contributed by atoms with E-state index in [1.165, 1.54) is 0 Å². The quantitative estimate of drug-likeness (QED) is 0.189. The molecule has 5 heavy (non-hydrogen) atoms. The summed E-state index contributed by atoms with van der Waals surface area (Å²) >= 11 is 3.57. The predicted molar refractivity (Wildman–Crippen MR) is 15.0 cm³/mol. The summed E-state index contributed by atoms with van der Waals surface area (Å²) in [6.07, 6.45) is 0. The second kappa shape index (κ2) is 5.41. The molecule has 0 aromatic rings. The topological polar surface area (TPSA) is 40.1 Å². The van der Waals surface area contributed by atoms with Gasteiger partial charge in [0.25, 0.3) is 0 Å². The van der Waals surface area contributed by atoms with Crippen LogP contribution < -0.4 is 34.5 Å². The summed E-state index contributed by atoms with van der Waals surface area (Å²) in [5.41, 5.74) is 0. The fourth-order valence-electron chi connectivity index (χ4n) is 0. The van der Waals surface area contributed by atoms with Crippen molar-refractivity contribution >= 4 is 19.5 Å². The summed E-state index contributed by atoms with van der Waals surface area (Å²) < 4.78 is 8.85. The van der Waals surface area contributed by atoms with Gasteiger partial charge in [0.2, 0.25) is 0 Å². The van der Waals surface area contributed by atoms with Crippen molar-refractivity contribution in [3.8, 4) is 0 Å². The minimum absolute atomic E-state index is 0. The van der Waals surface area contributed by atoms with Gasteiger partial charge in [0, 0.05) is 0 Å². The van der Waals surface area contributed by atoms with Crippen LogP contribution in [0.5, 0.6) is 0 Å². The predicted octanol–water partition coefficient (Wildman–Crippen LogP) is -3.45. The van der Waals surface area contributed by atoms with E-state index >= 15 is 0 Å². The molecule has 0 aliphatic carbocycles. The van der Waals surface area contributed by atoms with E-state index in [0.29, 0.717) is 0 Å². The van der Waals surface area contributed by atoms with Gasteiger partial charge in [0.05, 0.1) is 0 Å². The van der Waals surface area contributed by atoms with Crippen LogP contribution in [-0.4, -0.2) is 0 Å². The van der Waals surface area contributed by atoms with Crippen LogP contribution in [0.15, 0.2) is 0 Å². The van der Waals surface area contributed by atoms with Crippen LogP contribution >= 0.6 is 7.23 Å². The average molecular weight is 118 g/mol. The second-order valence-corrected chi connectivity index (χ2v) is 1.57. The first kappa shape index (κ1) is 9.65. The molecule has 0 heterocycles. The van der Waals surface area contributed by atoms with Gasteiger partial charge in [0.15, 0.2) is 7.23 Å². The monoisotopic (exact) mass is 118 g/mol. The Labute approximate surface area is 58.3 Å². The van der Waals surface area contributed by atoms with Crippen molar-refractivity contribution in [1.29, 1.82) is 0 Å². The van der Waals surface area contributed by atoms with Gasteiger partial charge in [-0.3, -0.25) is 0 Å². The number of hydrogen-bond acceptors (Lipinski definition) is 3. The Balaban J connectivity index is 0. The largest absolute Gasteiger partial charge is 1.00 e. The van der Waals surface area contributed by atoms with Crippen molar-refractivity contribution < 1.29 is 39.0 Å². The van der Waals surface area contributed by atoms with Crippen LogP contribution in [0.3, 0.4) is 0 Å². The second-order valence-electron chi connectivity index (χ2n) is 0.224. The van der Waals surface area contributed by atoms with Crippen LogP contribution in [0.1, 0.15) is 0 Å². The average Bonchev–Trinajstić information content (AvgIpc) is 0.811. The normalized spacial score (nSPS) is 8.80. The third-order valence-corrected chi connectivity index (χ3v) is 0. The van der Waals surface area contributed by atoms with Crippen molar-refractivity contribution in [1.82, 2.24) is 0 Å². The van der Waals surface area contributed by atoms with E-state index < -0.39 is 7.23 Å². The Morgan fingerprint density at radius 1 is 1.80 bits per heavy atom. The molecular weight excluding hydrogens is 118 g/mol. The molecule has 0 saturated heterocycles. The first-order valence-corrected chi connectivity index (χ1v) is 2.74. The van der Waals surface area contributed by atoms with E-state index in [9.17, 15) is 0 Å². The SMILES string of the molecule is O=[P+]([O-])[S-].[Na+]. The summed E-state index contributed by atoms with van der Waals surface area (Å²) in [5.74, 6) is 0. The van der Waals surface area contributed by atoms with E-state index in [2.05, 4.69) is 12.2 Å².